The second kappa shape index (κ2) is 5.80. The van der Waals surface area contributed by atoms with E-state index in [2.05, 4.69) is 15.5 Å². The van der Waals surface area contributed by atoms with E-state index in [9.17, 15) is 14.0 Å². The number of anilines is 2. The number of carbonyl (C=O) groups is 2. The summed E-state index contributed by atoms with van der Waals surface area (Å²) in [5, 5.41) is 11.4. The summed E-state index contributed by atoms with van der Waals surface area (Å²) in [6, 6.07) is 6.03. The number of rotatable bonds is 3. The van der Waals surface area contributed by atoms with Gasteiger partial charge >= 0.3 is 0 Å². The molecular formula is C14H13FN4O2S. The van der Waals surface area contributed by atoms with E-state index in [0.717, 1.165) is 5.01 Å². The van der Waals surface area contributed by atoms with Gasteiger partial charge in [-0.1, -0.05) is 23.5 Å². The number of amides is 2. The summed E-state index contributed by atoms with van der Waals surface area (Å²) >= 11 is 1.26. The van der Waals surface area contributed by atoms with Gasteiger partial charge in [-0.05, 0) is 19.1 Å². The molecule has 114 valence electrons. The second-order valence-corrected chi connectivity index (χ2v) is 6.15. The van der Waals surface area contributed by atoms with Crippen LogP contribution in [-0.4, -0.2) is 28.6 Å². The van der Waals surface area contributed by atoms with Crippen molar-refractivity contribution in [3.05, 3.63) is 35.1 Å². The monoisotopic (exact) mass is 320 g/mol. The maximum Gasteiger partial charge on any atom is 0.231 e. The minimum Gasteiger partial charge on any atom is -0.309 e. The number of carbonyl (C=O) groups excluding carboxylic acids is 2. The van der Waals surface area contributed by atoms with Gasteiger partial charge in [0, 0.05) is 13.0 Å². The summed E-state index contributed by atoms with van der Waals surface area (Å²) in [5.41, 5.74) is 0.203. The second-order valence-electron chi connectivity index (χ2n) is 4.97. The third-order valence-electron chi connectivity index (χ3n) is 3.40. The number of aromatic nitrogens is 2. The Bertz CT molecular complexity index is 733. The number of hydrogen-bond donors (Lipinski definition) is 1. The normalized spacial score (nSPS) is 17.8. The van der Waals surface area contributed by atoms with Crippen LogP contribution in [0.15, 0.2) is 24.3 Å². The van der Waals surface area contributed by atoms with Gasteiger partial charge in [0.15, 0.2) is 0 Å². The van der Waals surface area contributed by atoms with Crippen LogP contribution in [0.1, 0.15) is 11.4 Å². The Morgan fingerprint density at radius 3 is 2.86 bits per heavy atom. The summed E-state index contributed by atoms with van der Waals surface area (Å²) in [7, 11) is 0. The van der Waals surface area contributed by atoms with Crippen LogP contribution in [0.3, 0.4) is 0 Å². The first kappa shape index (κ1) is 14.6. The molecule has 3 rings (SSSR count). The lowest BCUT2D eigenvalue weighted by Crippen LogP contribution is -2.28. The third kappa shape index (κ3) is 2.82. The Labute approximate surface area is 130 Å². The minimum atomic E-state index is -0.531. The number of nitrogens with zero attached hydrogens (tertiary/aromatic N) is 3. The number of para-hydroxylation sites is 1. The largest absolute Gasteiger partial charge is 0.309 e. The molecule has 1 atom stereocenters. The molecule has 1 fully saturated rings. The molecule has 0 bridgehead atoms. The van der Waals surface area contributed by atoms with Crippen molar-refractivity contribution in [1.82, 2.24) is 10.2 Å². The molecule has 1 N–H and O–H groups in total. The highest BCUT2D eigenvalue weighted by molar-refractivity contribution is 7.15. The average molecular weight is 320 g/mol. The van der Waals surface area contributed by atoms with Crippen molar-refractivity contribution in [1.29, 1.82) is 0 Å². The van der Waals surface area contributed by atoms with Crippen LogP contribution in [0.25, 0.3) is 0 Å². The molecule has 1 aromatic heterocycles. The summed E-state index contributed by atoms with van der Waals surface area (Å²) in [4.78, 5) is 25.5. The van der Waals surface area contributed by atoms with Gasteiger partial charge in [0.25, 0.3) is 0 Å². The average Bonchev–Trinajstić information content (AvgIpc) is 3.06. The van der Waals surface area contributed by atoms with Crippen molar-refractivity contribution in [2.45, 2.75) is 13.3 Å². The molecule has 2 heterocycles. The fraction of sp³-hybridized carbons (Fsp3) is 0.286. The smallest absolute Gasteiger partial charge is 0.231 e. The molecule has 0 radical (unpaired) electrons. The van der Waals surface area contributed by atoms with Crippen molar-refractivity contribution in [3.8, 4) is 0 Å². The van der Waals surface area contributed by atoms with Crippen LogP contribution < -0.4 is 10.2 Å². The van der Waals surface area contributed by atoms with Gasteiger partial charge < -0.3 is 10.2 Å². The zero-order valence-corrected chi connectivity index (χ0v) is 12.6. The van der Waals surface area contributed by atoms with Gasteiger partial charge in [0.05, 0.1) is 11.6 Å². The number of halogens is 1. The highest BCUT2D eigenvalue weighted by Crippen LogP contribution is 2.28. The number of nitrogens with one attached hydrogen (secondary N) is 1. The molecule has 1 aliphatic rings. The van der Waals surface area contributed by atoms with Crippen LogP contribution in [0.5, 0.6) is 0 Å². The molecule has 2 aromatic rings. The van der Waals surface area contributed by atoms with Crippen LogP contribution >= 0.6 is 11.3 Å². The summed E-state index contributed by atoms with van der Waals surface area (Å²) in [6.45, 7) is 1.94. The highest BCUT2D eigenvalue weighted by Gasteiger charge is 2.36. The van der Waals surface area contributed by atoms with Gasteiger partial charge in [-0.15, -0.1) is 10.2 Å². The van der Waals surface area contributed by atoms with E-state index in [1.807, 2.05) is 0 Å². The molecule has 0 spiro atoms. The molecule has 1 saturated heterocycles. The number of aryl methyl sites for hydroxylation is 1. The molecule has 2 amide bonds. The van der Waals surface area contributed by atoms with Crippen LogP contribution in [0.4, 0.5) is 15.2 Å². The fourth-order valence-electron chi connectivity index (χ4n) is 2.34. The highest BCUT2D eigenvalue weighted by atomic mass is 32.1. The summed E-state index contributed by atoms with van der Waals surface area (Å²) in [6.07, 6.45) is 0.0535. The number of benzene rings is 1. The third-order valence-corrected chi connectivity index (χ3v) is 4.15. The van der Waals surface area contributed by atoms with E-state index in [4.69, 9.17) is 0 Å². The van der Waals surface area contributed by atoms with E-state index in [1.165, 1.54) is 28.4 Å². The van der Waals surface area contributed by atoms with Crippen molar-refractivity contribution < 1.29 is 14.0 Å². The molecule has 0 saturated carbocycles. The van der Waals surface area contributed by atoms with E-state index in [-0.39, 0.29) is 30.5 Å². The minimum absolute atomic E-state index is 0.0535. The summed E-state index contributed by atoms with van der Waals surface area (Å²) in [5.74, 6) is -1.57. The topological polar surface area (TPSA) is 75.2 Å². The lowest BCUT2D eigenvalue weighted by molar-refractivity contribution is -0.122. The van der Waals surface area contributed by atoms with Gasteiger partial charge in [0.2, 0.25) is 16.9 Å². The van der Waals surface area contributed by atoms with Gasteiger partial charge in [-0.2, -0.15) is 0 Å². The predicted molar refractivity (Wildman–Crippen MR) is 80.1 cm³/mol. The predicted octanol–water partition coefficient (Wildman–Crippen LogP) is 1.98. The van der Waals surface area contributed by atoms with E-state index in [0.29, 0.717) is 5.13 Å². The maximum absolute atomic E-state index is 13.8. The van der Waals surface area contributed by atoms with Crippen molar-refractivity contribution >= 4 is 34.0 Å². The molecule has 22 heavy (non-hydrogen) atoms. The van der Waals surface area contributed by atoms with Crippen molar-refractivity contribution in [3.63, 3.8) is 0 Å². The quantitative estimate of drug-likeness (QED) is 0.938. The Hall–Kier alpha value is -2.35. The molecule has 1 aliphatic heterocycles. The lowest BCUT2D eigenvalue weighted by Gasteiger charge is -2.17. The molecule has 0 unspecified atom stereocenters. The SMILES string of the molecule is Cc1nnc(NC(=O)[C@@H]2CC(=O)N(c3ccccc3F)C2)s1. The standard InChI is InChI=1S/C14H13FN4O2S/c1-8-17-18-14(22-8)16-13(21)9-6-12(20)19(7-9)11-5-3-2-4-10(11)15/h2-5,9H,6-7H2,1H3,(H,16,18,21)/t9-/m1/s1. The molecule has 8 heteroatoms. The Balaban J connectivity index is 1.71. The van der Waals surface area contributed by atoms with E-state index >= 15 is 0 Å². The molecule has 1 aromatic carbocycles. The van der Waals surface area contributed by atoms with Crippen LogP contribution in [-0.2, 0) is 9.59 Å². The zero-order valence-electron chi connectivity index (χ0n) is 11.7. The molecular weight excluding hydrogens is 307 g/mol. The molecule has 6 nitrogen and oxygen atoms in total. The Morgan fingerprint density at radius 2 is 2.18 bits per heavy atom. The van der Waals surface area contributed by atoms with Crippen molar-refractivity contribution in [2.75, 3.05) is 16.8 Å². The first-order chi connectivity index (χ1) is 10.5. The van der Waals surface area contributed by atoms with E-state index < -0.39 is 11.7 Å². The van der Waals surface area contributed by atoms with Gasteiger partial charge in [-0.3, -0.25) is 9.59 Å². The fourth-order valence-corrected chi connectivity index (χ4v) is 2.94. The zero-order chi connectivity index (χ0) is 15.7. The van der Waals surface area contributed by atoms with Gasteiger partial charge in [0.1, 0.15) is 10.8 Å². The summed E-state index contributed by atoms with van der Waals surface area (Å²) < 4.78 is 13.8. The van der Waals surface area contributed by atoms with Gasteiger partial charge in [-0.25, -0.2) is 4.39 Å². The van der Waals surface area contributed by atoms with Crippen LogP contribution in [0, 0.1) is 18.7 Å². The molecule has 0 aliphatic carbocycles. The number of hydrogen-bond acceptors (Lipinski definition) is 5. The lowest BCUT2D eigenvalue weighted by atomic mass is 10.1. The van der Waals surface area contributed by atoms with Crippen molar-refractivity contribution in [2.24, 2.45) is 5.92 Å². The van der Waals surface area contributed by atoms with E-state index in [1.54, 1.807) is 19.1 Å². The Kier molecular flexibility index (Phi) is 3.84. The first-order valence-corrected chi connectivity index (χ1v) is 7.52. The maximum atomic E-state index is 13.8. The Morgan fingerprint density at radius 1 is 1.41 bits per heavy atom. The van der Waals surface area contributed by atoms with Crippen LogP contribution in [0.2, 0.25) is 0 Å². The first-order valence-electron chi connectivity index (χ1n) is 6.70.